The van der Waals surface area contributed by atoms with Gasteiger partial charge in [-0.3, -0.25) is 19.3 Å². The summed E-state index contributed by atoms with van der Waals surface area (Å²) in [5, 5.41) is 0.0192. The summed E-state index contributed by atoms with van der Waals surface area (Å²) in [6.45, 7) is -0.444. The van der Waals surface area contributed by atoms with Crippen molar-refractivity contribution in [2.24, 2.45) is 0 Å². The molecule has 3 rings (SSSR count). The lowest BCUT2D eigenvalue weighted by atomic mass is 10.2. The molecule has 0 N–H and O–H groups in total. The van der Waals surface area contributed by atoms with Crippen LogP contribution in [0.2, 0.25) is 10.0 Å². The SMILES string of the molecule is COC(=O)CN1C(=O)S/C(=C\c2ccc(OC(=O)c3ccc(Cl)cc3Cl)cc2)C1=O. The van der Waals surface area contributed by atoms with Gasteiger partial charge in [0, 0.05) is 5.02 Å². The van der Waals surface area contributed by atoms with Gasteiger partial charge in [0.05, 0.1) is 22.6 Å². The van der Waals surface area contributed by atoms with E-state index in [2.05, 4.69) is 4.74 Å². The van der Waals surface area contributed by atoms with Gasteiger partial charge in [-0.05, 0) is 53.7 Å². The molecule has 1 heterocycles. The molecule has 0 saturated carbocycles. The molecule has 10 heteroatoms. The Bertz CT molecular complexity index is 1070. The Morgan fingerprint density at radius 2 is 1.80 bits per heavy atom. The fourth-order valence-electron chi connectivity index (χ4n) is 2.43. The third-order valence-electron chi connectivity index (χ3n) is 3.93. The topological polar surface area (TPSA) is 90.0 Å². The van der Waals surface area contributed by atoms with Crippen LogP contribution in [0.4, 0.5) is 4.79 Å². The number of hydrogen-bond acceptors (Lipinski definition) is 7. The lowest BCUT2D eigenvalue weighted by Crippen LogP contribution is -2.34. The molecule has 1 aliphatic heterocycles. The second-order valence-corrected chi connectivity index (χ2v) is 7.76. The van der Waals surface area contributed by atoms with Crippen molar-refractivity contribution < 1.29 is 28.7 Å². The van der Waals surface area contributed by atoms with Crippen LogP contribution in [0.1, 0.15) is 15.9 Å². The van der Waals surface area contributed by atoms with Gasteiger partial charge in [0.15, 0.2) is 0 Å². The number of benzene rings is 2. The van der Waals surface area contributed by atoms with Crippen LogP contribution in [0, 0.1) is 0 Å². The van der Waals surface area contributed by atoms with E-state index >= 15 is 0 Å². The summed E-state index contributed by atoms with van der Waals surface area (Å²) in [4.78, 5) is 48.8. The summed E-state index contributed by atoms with van der Waals surface area (Å²) in [6, 6.07) is 10.7. The summed E-state index contributed by atoms with van der Waals surface area (Å²) in [5.41, 5.74) is 0.771. The first-order chi connectivity index (χ1) is 14.3. The minimum absolute atomic E-state index is 0.168. The van der Waals surface area contributed by atoms with E-state index in [0.29, 0.717) is 10.6 Å². The van der Waals surface area contributed by atoms with Crippen LogP contribution in [0.5, 0.6) is 5.75 Å². The van der Waals surface area contributed by atoms with E-state index < -0.39 is 29.6 Å². The summed E-state index contributed by atoms with van der Waals surface area (Å²) < 4.78 is 9.77. The maximum Gasteiger partial charge on any atom is 0.345 e. The fourth-order valence-corrected chi connectivity index (χ4v) is 3.75. The van der Waals surface area contributed by atoms with Crippen molar-refractivity contribution in [3.63, 3.8) is 0 Å². The molecule has 30 heavy (non-hydrogen) atoms. The van der Waals surface area contributed by atoms with Crippen LogP contribution in [-0.4, -0.2) is 41.6 Å². The number of halogens is 2. The molecule has 1 saturated heterocycles. The molecule has 1 aliphatic rings. The Hall–Kier alpha value is -2.81. The van der Waals surface area contributed by atoms with Crippen molar-refractivity contribution >= 4 is 64.1 Å². The third-order valence-corrected chi connectivity index (χ3v) is 5.38. The zero-order chi connectivity index (χ0) is 21.8. The molecule has 154 valence electrons. The van der Waals surface area contributed by atoms with Crippen molar-refractivity contribution in [1.82, 2.24) is 4.90 Å². The first-order valence-electron chi connectivity index (χ1n) is 8.38. The zero-order valence-corrected chi connectivity index (χ0v) is 17.7. The quantitative estimate of drug-likeness (QED) is 0.366. The Kier molecular flexibility index (Phi) is 6.81. The molecule has 1 fully saturated rings. The standard InChI is InChI=1S/C20H13Cl2NO6S/c1-28-17(24)10-23-18(25)16(30-20(23)27)8-11-2-5-13(6-3-11)29-19(26)14-7-4-12(21)9-15(14)22/h2-9H,10H2,1H3/b16-8-. The molecular weight excluding hydrogens is 453 g/mol. The summed E-state index contributed by atoms with van der Waals surface area (Å²) in [6.07, 6.45) is 1.50. The number of amides is 2. The van der Waals surface area contributed by atoms with Crippen LogP contribution in [0.15, 0.2) is 47.4 Å². The number of hydrogen-bond donors (Lipinski definition) is 0. The highest BCUT2D eigenvalue weighted by Gasteiger charge is 2.36. The molecule has 0 atom stereocenters. The normalized spacial score (nSPS) is 14.9. The van der Waals surface area contributed by atoms with Crippen LogP contribution < -0.4 is 4.74 Å². The lowest BCUT2D eigenvalue weighted by molar-refractivity contribution is -0.143. The van der Waals surface area contributed by atoms with E-state index in [1.807, 2.05) is 0 Å². The fraction of sp³-hybridized carbons (Fsp3) is 0.100. The monoisotopic (exact) mass is 465 g/mol. The number of esters is 2. The third kappa shape index (κ3) is 5.02. The maximum atomic E-state index is 12.3. The van der Waals surface area contributed by atoms with Gasteiger partial charge in [-0.1, -0.05) is 35.3 Å². The van der Waals surface area contributed by atoms with Crippen molar-refractivity contribution in [2.75, 3.05) is 13.7 Å². The number of thioether (sulfide) groups is 1. The first-order valence-corrected chi connectivity index (χ1v) is 9.95. The molecule has 0 aliphatic carbocycles. The van der Waals surface area contributed by atoms with Gasteiger partial charge in [0.25, 0.3) is 11.1 Å². The average molecular weight is 466 g/mol. The number of carbonyl (C=O) groups excluding carboxylic acids is 4. The van der Waals surface area contributed by atoms with Crippen LogP contribution >= 0.6 is 35.0 Å². The molecule has 2 aromatic rings. The van der Waals surface area contributed by atoms with Crippen molar-refractivity contribution in [3.05, 3.63) is 68.5 Å². The second kappa shape index (κ2) is 9.34. The van der Waals surface area contributed by atoms with Gasteiger partial charge >= 0.3 is 11.9 Å². The highest BCUT2D eigenvalue weighted by molar-refractivity contribution is 8.18. The van der Waals surface area contributed by atoms with E-state index in [1.54, 1.807) is 12.1 Å². The Labute approximate surface area is 185 Å². The smallest absolute Gasteiger partial charge is 0.345 e. The van der Waals surface area contributed by atoms with Gasteiger partial charge in [0.2, 0.25) is 0 Å². The van der Waals surface area contributed by atoms with Gasteiger partial charge in [-0.2, -0.15) is 0 Å². The predicted molar refractivity (Wildman–Crippen MR) is 113 cm³/mol. The largest absolute Gasteiger partial charge is 0.468 e. The Morgan fingerprint density at radius 3 is 2.43 bits per heavy atom. The van der Waals surface area contributed by atoms with E-state index in [-0.39, 0.29) is 21.2 Å². The number of nitrogens with zero attached hydrogens (tertiary/aromatic N) is 1. The highest BCUT2D eigenvalue weighted by Crippen LogP contribution is 2.32. The number of ether oxygens (including phenoxy) is 2. The summed E-state index contributed by atoms with van der Waals surface area (Å²) in [5.74, 6) is -1.65. The van der Waals surface area contributed by atoms with Gasteiger partial charge in [0.1, 0.15) is 12.3 Å². The molecule has 0 unspecified atom stereocenters. The van der Waals surface area contributed by atoms with Crippen molar-refractivity contribution in [1.29, 1.82) is 0 Å². The van der Waals surface area contributed by atoms with E-state index in [1.165, 1.54) is 43.5 Å². The van der Waals surface area contributed by atoms with Gasteiger partial charge in [-0.15, -0.1) is 0 Å². The molecule has 2 aromatic carbocycles. The number of imide groups is 1. The highest BCUT2D eigenvalue weighted by atomic mass is 35.5. The lowest BCUT2D eigenvalue weighted by Gasteiger charge is -2.09. The van der Waals surface area contributed by atoms with E-state index in [9.17, 15) is 19.2 Å². The predicted octanol–water partition coefficient (Wildman–Crippen LogP) is 4.42. The molecule has 0 aromatic heterocycles. The summed E-state index contributed by atoms with van der Waals surface area (Å²) in [7, 11) is 1.17. The number of rotatable bonds is 5. The summed E-state index contributed by atoms with van der Waals surface area (Å²) >= 11 is 12.5. The molecule has 2 amide bonds. The number of methoxy groups -OCH3 is 1. The molecule has 0 radical (unpaired) electrons. The Balaban J connectivity index is 1.70. The first kappa shape index (κ1) is 21.9. The minimum atomic E-state index is -0.689. The molecule has 7 nitrogen and oxygen atoms in total. The van der Waals surface area contributed by atoms with Crippen molar-refractivity contribution in [3.8, 4) is 5.75 Å². The second-order valence-electron chi connectivity index (χ2n) is 5.93. The molecule has 0 spiro atoms. The minimum Gasteiger partial charge on any atom is -0.468 e. The molecular formula is C20H13Cl2NO6S. The van der Waals surface area contributed by atoms with E-state index in [0.717, 1.165) is 16.7 Å². The number of carbonyl (C=O) groups is 4. The zero-order valence-electron chi connectivity index (χ0n) is 15.4. The van der Waals surface area contributed by atoms with E-state index in [4.69, 9.17) is 27.9 Å². The average Bonchev–Trinajstić information content (AvgIpc) is 2.96. The molecule has 0 bridgehead atoms. The van der Waals surface area contributed by atoms with Gasteiger partial charge in [-0.25, -0.2) is 4.79 Å². The van der Waals surface area contributed by atoms with Crippen molar-refractivity contribution in [2.45, 2.75) is 0 Å². The maximum absolute atomic E-state index is 12.3. The van der Waals surface area contributed by atoms with Crippen LogP contribution in [-0.2, 0) is 14.3 Å². The van der Waals surface area contributed by atoms with Crippen LogP contribution in [0.3, 0.4) is 0 Å². The van der Waals surface area contributed by atoms with Gasteiger partial charge < -0.3 is 9.47 Å². The van der Waals surface area contributed by atoms with Crippen LogP contribution in [0.25, 0.3) is 6.08 Å². The Morgan fingerprint density at radius 1 is 1.10 bits per heavy atom.